The van der Waals surface area contributed by atoms with E-state index in [0.717, 1.165) is 24.7 Å². The first-order valence-corrected chi connectivity index (χ1v) is 4.71. The van der Waals surface area contributed by atoms with E-state index in [0.29, 0.717) is 23.7 Å². The Labute approximate surface area is 71.3 Å². The lowest BCUT2D eigenvalue weighted by atomic mass is 9.80. The highest BCUT2D eigenvalue weighted by atomic mass is 16.2. The van der Waals surface area contributed by atoms with Crippen LogP contribution < -0.4 is 0 Å². The van der Waals surface area contributed by atoms with E-state index in [4.69, 9.17) is 5.11 Å². The number of ketones is 1. The highest BCUT2D eigenvalue weighted by Crippen LogP contribution is 2.63. The lowest BCUT2D eigenvalue weighted by Gasteiger charge is -2.23. The molecule has 3 aliphatic carbocycles. The molecule has 1 N–H and O–H groups in total. The van der Waals surface area contributed by atoms with Gasteiger partial charge in [-0.1, -0.05) is 0 Å². The molecule has 2 nitrogen and oxygen atoms in total. The van der Waals surface area contributed by atoms with Crippen LogP contribution in [-0.4, -0.2) is 10.9 Å². The van der Waals surface area contributed by atoms with Crippen molar-refractivity contribution in [3.05, 3.63) is 11.8 Å². The van der Waals surface area contributed by atoms with Gasteiger partial charge in [-0.3, -0.25) is 4.79 Å². The molecule has 0 heterocycles. The summed E-state index contributed by atoms with van der Waals surface area (Å²) in [5.41, 5.74) is 0.719. The quantitative estimate of drug-likeness (QED) is 0.437. The molecule has 12 heavy (non-hydrogen) atoms. The fraction of sp³-hybridized carbons (Fsp3) is 0.700. The van der Waals surface area contributed by atoms with Gasteiger partial charge in [0.25, 0.3) is 0 Å². The highest BCUT2D eigenvalue weighted by Gasteiger charge is 2.61. The van der Waals surface area contributed by atoms with Gasteiger partial charge in [0.15, 0.2) is 5.78 Å². The van der Waals surface area contributed by atoms with Gasteiger partial charge in [0.05, 0.1) is 6.26 Å². The summed E-state index contributed by atoms with van der Waals surface area (Å²) >= 11 is 0. The second-order valence-corrected chi connectivity index (χ2v) is 4.31. The summed E-state index contributed by atoms with van der Waals surface area (Å²) in [5, 5.41) is 8.93. The Morgan fingerprint density at radius 1 is 1.33 bits per heavy atom. The maximum Gasteiger partial charge on any atom is 0.165 e. The Bertz CT molecular complexity index is 276. The molecule has 3 saturated carbocycles. The largest absolute Gasteiger partial charge is 0.515 e. The Morgan fingerprint density at radius 2 is 2.17 bits per heavy atom. The molecular weight excluding hydrogens is 152 g/mol. The van der Waals surface area contributed by atoms with Crippen LogP contribution in [0.15, 0.2) is 11.8 Å². The number of rotatable bonds is 0. The molecule has 3 aliphatic rings. The Morgan fingerprint density at radius 3 is 2.92 bits per heavy atom. The number of Topliss-reactive ketones (excluding diaryl/α,β-unsaturated/α-hetero) is 1. The first kappa shape index (κ1) is 6.70. The van der Waals surface area contributed by atoms with Gasteiger partial charge >= 0.3 is 0 Å². The number of carbonyl (C=O) groups excluding carboxylic acids is 1. The number of hydrogen-bond acceptors (Lipinski definition) is 2. The summed E-state index contributed by atoms with van der Waals surface area (Å²) in [4.78, 5) is 11.6. The van der Waals surface area contributed by atoms with Crippen molar-refractivity contribution < 1.29 is 9.90 Å². The summed E-state index contributed by atoms with van der Waals surface area (Å²) in [6, 6.07) is 0. The van der Waals surface area contributed by atoms with E-state index in [1.165, 1.54) is 6.42 Å². The van der Waals surface area contributed by atoms with Gasteiger partial charge in [-0.15, -0.1) is 0 Å². The molecular formula is C10H12O2. The minimum absolute atomic E-state index is 0.251. The molecule has 2 heteroatoms. The second-order valence-electron chi connectivity index (χ2n) is 4.31. The fourth-order valence-corrected chi connectivity index (χ4v) is 3.23. The Balaban J connectivity index is 2.04. The first-order valence-electron chi connectivity index (χ1n) is 4.71. The van der Waals surface area contributed by atoms with E-state index in [1.54, 1.807) is 0 Å². The van der Waals surface area contributed by atoms with Crippen LogP contribution in [0.2, 0.25) is 0 Å². The molecule has 0 aliphatic heterocycles. The molecule has 0 amide bonds. The zero-order chi connectivity index (χ0) is 8.29. The highest BCUT2D eigenvalue weighted by molar-refractivity contribution is 6.01. The maximum absolute atomic E-state index is 11.6. The third-order valence-electron chi connectivity index (χ3n) is 3.90. The average molecular weight is 164 g/mol. The molecule has 3 fully saturated rings. The molecule has 0 radical (unpaired) electrons. The number of hydrogen-bond donors (Lipinski definition) is 1. The molecule has 2 bridgehead atoms. The van der Waals surface area contributed by atoms with E-state index in [9.17, 15) is 4.79 Å². The van der Waals surface area contributed by atoms with Gasteiger partial charge in [-0.2, -0.15) is 0 Å². The molecule has 0 aromatic rings. The van der Waals surface area contributed by atoms with Crippen molar-refractivity contribution in [3.63, 3.8) is 0 Å². The summed E-state index contributed by atoms with van der Waals surface area (Å²) < 4.78 is 0. The minimum atomic E-state index is 0.251. The second kappa shape index (κ2) is 1.93. The molecule has 64 valence electrons. The lowest BCUT2D eigenvalue weighted by Crippen LogP contribution is -2.21. The Hall–Kier alpha value is -0.790. The molecule has 0 aromatic heterocycles. The van der Waals surface area contributed by atoms with E-state index in [-0.39, 0.29) is 5.78 Å². The summed E-state index contributed by atoms with van der Waals surface area (Å²) in [7, 11) is 0. The van der Waals surface area contributed by atoms with Gasteiger partial charge in [0.2, 0.25) is 0 Å². The number of allylic oxidation sites excluding steroid dienone is 1. The number of fused-ring (bicyclic) bond motifs is 2. The summed E-state index contributed by atoms with van der Waals surface area (Å²) in [5.74, 6) is 2.33. The predicted molar refractivity (Wildman–Crippen MR) is 43.5 cm³/mol. The molecule has 3 rings (SSSR count). The first-order chi connectivity index (χ1) is 5.83. The molecule has 0 aromatic carbocycles. The molecule has 0 saturated heterocycles. The Kier molecular flexibility index (Phi) is 1.07. The topological polar surface area (TPSA) is 37.3 Å². The lowest BCUT2D eigenvalue weighted by molar-refractivity contribution is -0.118. The van der Waals surface area contributed by atoms with Gasteiger partial charge in [-0.25, -0.2) is 0 Å². The van der Waals surface area contributed by atoms with Gasteiger partial charge in [0, 0.05) is 11.5 Å². The van der Waals surface area contributed by atoms with E-state index in [2.05, 4.69) is 0 Å². The predicted octanol–water partition coefficient (Wildman–Crippen LogP) is 1.67. The zero-order valence-electron chi connectivity index (χ0n) is 6.86. The van der Waals surface area contributed by atoms with Crippen LogP contribution in [0.25, 0.3) is 0 Å². The molecule has 0 unspecified atom stereocenters. The summed E-state index contributed by atoms with van der Waals surface area (Å²) in [6.07, 6.45) is 4.55. The van der Waals surface area contributed by atoms with Crippen molar-refractivity contribution in [1.82, 2.24) is 0 Å². The zero-order valence-corrected chi connectivity index (χ0v) is 6.86. The summed E-state index contributed by atoms with van der Waals surface area (Å²) in [6.45, 7) is 0. The number of aliphatic hydroxyl groups is 1. The van der Waals surface area contributed by atoms with Crippen LogP contribution in [0, 0.1) is 23.7 Å². The average Bonchev–Trinajstić information content (AvgIpc) is 2.80. The SMILES string of the molecule is O=C1/C(=C/O)[C@H]2CC[C@H]3[C@@H](C2)[C@H]13. The van der Waals surface area contributed by atoms with Gasteiger partial charge < -0.3 is 5.11 Å². The van der Waals surface area contributed by atoms with Crippen LogP contribution >= 0.6 is 0 Å². The van der Waals surface area contributed by atoms with Gasteiger partial charge in [-0.05, 0) is 37.0 Å². The maximum atomic E-state index is 11.6. The van der Waals surface area contributed by atoms with Crippen LogP contribution in [0.4, 0.5) is 0 Å². The van der Waals surface area contributed by atoms with Crippen LogP contribution in [-0.2, 0) is 4.79 Å². The molecule has 0 spiro atoms. The van der Waals surface area contributed by atoms with E-state index in [1.807, 2.05) is 0 Å². The van der Waals surface area contributed by atoms with E-state index >= 15 is 0 Å². The smallest absolute Gasteiger partial charge is 0.165 e. The number of aliphatic hydroxyl groups excluding tert-OH is 1. The fourth-order valence-electron chi connectivity index (χ4n) is 3.23. The molecule has 4 atom stereocenters. The van der Waals surface area contributed by atoms with Crippen molar-refractivity contribution in [3.8, 4) is 0 Å². The minimum Gasteiger partial charge on any atom is -0.515 e. The van der Waals surface area contributed by atoms with Crippen molar-refractivity contribution in [2.24, 2.45) is 23.7 Å². The monoisotopic (exact) mass is 164 g/mol. The van der Waals surface area contributed by atoms with Crippen molar-refractivity contribution >= 4 is 5.78 Å². The van der Waals surface area contributed by atoms with Crippen molar-refractivity contribution in [2.45, 2.75) is 19.3 Å². The van der Waals surface area contributed by atoms with E-state index < -0.39 is 0 Å². The van der Waals surface area contributed by atoms with Crippen LogP contribution in [0.1, 0.15) is 19.3 Å². The van der Waals surface area contributed by atoms with Crippen LogP contribution in [0.5, 0.6) is 0 Å². The third kappa shape index (κ3) is 0.598. The van der Waals surface area contributed by atoms with Crippen LogP contribution in [0.3, 0.4) is 0 Å². The van der Waals surface area contributed by atoms with Crippen molar-refractivity contribution in [1.29, 1.82) is 0 Å². The number of carbonyl (C=O) groups is 1. The van der Waals surface area contributed by atoms with Gasteiger partial charge in [0.1, 0.15) is 0 Å². The third-order valence-corrected chi connectivity index (χ3v) is 3.90. The standard InChI is InChI=1S/C10H12O2/c11-4-8-5-1-2-6-7(3-5)9(6)10(8)12/h4-7,9,11H,1-3H2/b8-4+/t5-,6-,7+,9+/m0/s1. The van der Waals surface area contributed by atoms with Crippen molar-refractivity contribution in [2.75, 3.05) is 0 Å². The normalized spacial score (nSPS) is 52.7.